The summed E-state index contributed by atoms with van der Waals surface area (Å²) in [6.07, 6.45) is 0. The van der Waals surface area contributed by atoms with Gasteiger partial charge in [-0.25, -0.2) is 8.78 Å². The molecular formula is C18H21F2NO2. The van der Waals surface area contributed by atoms with E-state index in [9.17, 15) is 13.9 Å². The molecule has 0 fully saturated rings. The predicted octanol–water partition coefficient (Wildman–Crippen LogP) is 3.53. The smallest absolute Gasteiger partial charge is 0.165 e. The molecule has 23 heavy (non-hydrogen) atoms. The van der Waals surface area contributed by atoms with Crippen molar-refractivity contribution in [3.05, 3.63) is 65.2 Å². The molecule has 0 aromatic heterocycles. The molecule has 0 bridgehead atoms. The highest BCUT2D eigenvalue weighted by Crippen LogP contribution is 2.24. The summed E-state index contributed by atoms with van der Waals surface area (Å²) >= 11 is 0. The zero-order chi connectivity index (χ0) is 17.0. The number of nitrogens with one attached hydrogen (secondary N) is 1. The molecule has 2 N–H and O–H groups in total. The Morgan fingerprint density at radius 3 is 2.43 bits per heavy atom. The first-order chi connectivity index (χ1) is 10.8. The van der Waals surface area contributed by atoms with Crippen LogP contribution in [0.15, 0.2) is 42.5 Å². The first-order valence-corrected chi connectivity index (χ1v) is 7.39. The van der Waals surface area contributed by atoms with Gasteiger partial charge < -0.3 is 15.2 Å². The Morgan fingerprint density at radius 1 is 1.17 bits per heavy atom. The first kappa shape index (κ1) is 17.4. The highest BCUT2D eigenvalue weighted by atomic mass is 19.1. The van der Waals surface area contributed by atoms with E-state index in [-0.39, 0.29) is 24.2 Å². The Bertz CT molecular complexity index is 657. The average Bonchev–Trinajstić information content (AvgIpc) is 2.53. The number of hydrogen-bond acceptors (Lipinski definition) is 3. The van der Waals surface area contributed by atoms with E-state index in [1.54, 1.807) is 31.2 Å². The minimum Gasteiger partial charge on any atom is -0.494 e. The maximum absolute atomic E-state index is 13.4. The molecule has 0 heterocycles. The summed E-state index contributed by atoms with van der Waals surface area (Å²) in [7, 11) is 1.42. The maximum atomic E-state index is 13.4. The molecule has 2 atom stereocenters. The van der Waals surface area contributed by atoms with Crippen molar-refractivity contribution < 1.29 is 18.6 Å². The Hall–Kier alpha value is -1.98. The van der Waals surface area contributed by atoms with Crippen molar-refractivity contribution in [2.75, 3.05) is 13.7 Å². The molecular weight excluding hydrogens is 300 g/mol. The highest BCUT2D eigenvalue weighted by molar-refractivity contribution is 5.32. The van der Waals surface area contributed by atoms with Crippen LogP contribution in [-0.2, 0) is 5.60 Å². The highest BCUT2D eigenvalue weighted by Gasteiger charge is 2.24. The van der Waals surface area contributed by atoms with Crippen molar-refractivity contribution in [1.82, 2.24) is 5.32 Å². The normalized spacial score (nSPS) is 15.0. The Kier molecular flexibility index (Phi) is 5.34. The Morgan fingerprint density at radius 2 is 1.83 bits per heavy atom. The molecule has 0 saturated carbocycles. The van der Waals surface area contributed by atoms with Crippen LogP contribution in [0, 0.1) is 11.6 Å². The van der Waals surface area contributed by atoms with Gasteiger partial charge in [-0.05, 0) is 49.2 Å². The van der Waals surface area contributed by atoms with Crippen molar-refractivity contribution in [3.63, 3.8) is 0 Å². The van der Waals surface area contributed by atoms with Crippen LogP contribution < -0.4 is 10.1 Å². The lowest BCUT2D eigenvalue weighted by atomic mass is 9.95. The summed E-state index contributed by atoms with van der Waals surface area (Å²) in [6.45, 7) is 3.83. The second-order valence-electron chi connectivity index (χ2n) is 5.78. The zero-order valence-electron chi connectivity index (χ0n) is 13.4. The molecule has 0 aliphatic heterocycles. The van der Waals surface area contributed by atoms with Crippen molar-refractivity contribution >= 4 is 0 Å². The third-order valence-electron chi connectivity index (χ3n) is 3.89. The van der Waals surface area contributed by atoms with E-state index < -0.39 is 11.4 Å². The Labute approximate surface area is 134 Å². The SMILES string of the molecule is COc1cc(C(C)NCC(C)(O)c2ccc(F)cc2)ccc1F. The van der Waals surface area contributed by atoms with Gasteiger partial charge in [0, 0.05) is 12.6 Å². The number of benzene rings is 2. The van der Waals surface area contributed by atoms with Crippen LogP contribution in [0.1, 0.15) is 31.0 Å². The molecule has 124 valence electrons. The van der Waals surface area contributed by atoms with E-state index in [1.807, 2.05) is 6.92 Å². The van der Waals surface area contributed by atoms with Crippen molar-refractivity contribution in [3.8, 4) is 5.75 Å². The van der Waals surface area contributed by atoms with Crippen LogP contribution in [0.25, 0.3) is 0 Å². The number of ether oxygens (including phenoxy) is 1. The van der Waals surface area contributed by atoms with Gasteiger partial charge in [0.2, 0.25) is 0 Å². The summed E-state index contributed by atoms with van der Waals surface area (Å²) in [5.74, 6) is -0.576. The molecule has 0 saturated heterocycles. The van der Waals surface area contributed by atoms with Gasteiger partial charge in [-0.3, -0.25) is 0 Å². The van der Waals surface area contributed by atoms with Crippen LogP contribution in [0.4, 0.5) is 8.78 Å². The molecule has 0 amide bonds. The minimum absolute atomic E-state index is 0.114. The lowest BCUT2D eigenvalue weighted by Gasteiger charge is -2.27. The van der Waals surface area contributed by atoms with Gasteiger partial charge in [0.15, 0.2) is 11.6 Å². The molecule has 5 heteroatoms. The number of rotatable bonds is 6. The summed E-state index contributed by atoms with van der Waals surface area (Å²) in [4.78, 5) is 0. The van der Waals surface area contributed by atoms with Gasteiger partial charge in [0.05, 0.1) is 12.7 Å². The summed E-state index contributed by atoms with van der Waals surface area (Å²) in [6, 6.07) is 10.3. The van der Waals surface area contributed by atoms with E-state index in [4.69, 9.17) is 4.74 Å². The summed E-state index contributed by atoms with van der Waals surface area (Å²) < 4.78 is 31.4. The fourth-order valence-corrected chi connectivity index (χ4v) is 2.33. The molecule has 3 nitrogen and oxygen atoms in total. The molecule has 2 aromatic carbocycles. The quantitative estimate of drug-likeness (QED) is 0.855. The zero-order valence-corrected chi connectivity index (χ0v) is 13.4. The number of halogens is 2. The van der Waals surface area contributed by atoms with Crippen LogP contribution in [0.5, 0.6) is 5.75 Å². The van der Waals surface area contributed by atoms with Crippen molar-refractivity contribution in [2.45, 2.75) is 25.5 Å². The van der Waals surface area contributed by atoms with Crippen LogP contribution in [0.2, 0.25) is 0 Å². The lowest BCUT2D eigenvalue weighted by molar-refractivity contribution is 0.0543. The van der Waals surface area contributed by atoms with Gasteiger partial charge in [-0.15, -0.1) is 0 Å². The fourth-order valence-electron chi connectivity index (χ4n) is 2.33. The van der Waals surface area contributed by atoms with Gasteiger partial charge in [-0.2, -0.15) is 0 Å². The number of aliphatic hydroxyl groups is 1. The van der Waals surface area contributed by atoms with Crippen molar-refractivity contribution in [2.24, 2.45) is 0 Å². The monoisotopic (exact) mass is 321 g/mol. The molecule has 0 aliphatic carbocycles. The van der Waals surface area contributed by atoms with Crippen molar-refractivity contribution in [1.29, 1.82) is 0 Å². The molecule has 0 spiro atoms. The van der Waals surface area contributed by atoms with Gasteiger partial charge in [-0.1, -0.05) is 18.2 Å². The summed E-state index contributed by atoms with van der Waals surface area (Å²) in [5.41, 5.74) is 0.319. The van der Waals surface area contributed by atoms with Gasteiger partial charge >= 0.3 is 0 Å². The number of hydrogen-bond donors (Lipinski definition) is 2. The van der Waals surface area contributed by atoms with Crippen LogP contribution >= 0.6 is 0 Å². The second-order valence-corrected chi connectivity index (χ2v) is 5.78. The number of methoxy groups -OCH3 is 1. The molecule has 2 aromatic rings. The molecule has 2 rings (SSSR count). The predicted molar refractivity (Wildman–Crippen MR) is 85.3 cm³/mol. The van der Waals surface area contributed by atoms with Gasteiger partial charge in [0.1, 0.15) is 5.82 Å². The third kappa shape index (κ3) is 4.27. The lowest BCUT2D eigenvalue weighted by Crippen LogP contribution is -2.36. The average molecular weight is 321 g/mol. The van der Waals surface area contributed by atoms with E-state index in [2.05, 4.69) is 5.32 Å². The van der Waals surface area contributed by atoms with E-state index in [0.717, 1.165) is 5.56 Å². The van der Waals surface area contributed by atoms with E-state index >= 15 is 0 Å². The van der Waals surface area contributed by atoms with Crippen LogP contribution in [-0.4, -0.2) is 18.8 Å². The van der Waals surface area contributed by atoms with E-state index in [0.29, 0.717) is 5.56 Å². The fraction of sp³-hybridized carbons (Fsp3) is 0.333. The standard InChI is InChI=1S/C18H21F2NO2/c1-12(13-4-9-16(20)17(10-13)23-3)21-11-18(2,22)14-5-7-15(19)8-6-14/h4-10,12,21-22H,11H2,1-3H3. The first-order valence-electron chi connectivity index (χ1n) is 7.39. The molecule has 2 unspecified atom stereocenters. The Balaban J connectivity index is 2.05. The summed E-state index contributed by atoms with van der Waals surface area (Å²) in [5, 5.41) is 13.7. The molecule has 0 radical (unpaired) electrons. The topological polar surface area (TPSA) is 41.5 Å². The van der Waals surface area contributed by atoms with E-state index in [1.165, 1.54) is 25.3 Å². The molecule has 0 aliphatic rings. The third-order valence-corrected chi connectivity index (χ3v) is 3.89. The van der Waals surface area contributed by atoms with Crippen LogP contribution in [0.3, 0.4) is 0 Å². The second kappa shape index (κ2) is 7.06. The maximum Gasteiger partial charge on any atom is 0.165 e. The van der Waals surface area contributed by atoms with Gasteiger partial charge in [0.25, 0.3) is 0 Å². The minimum atomic E-state index is -1.15. The largest absolute Gasteiger partial charge is 0.494 e.